The molecule has 0 aliphatic rings. The lowest BCUT2D eigenvalue weighted by atomic mass is 9.84. The molecule has 0 unspecified atom stereocenters. The SMILES string of the molecule is Cc1cc(C(C)(C)C)cc(C)c1NC(C)C. The highest BCUT2D eigenvalue weighted by Gasteiger charge is 2.16. The molecule has 0 aliphatic heterocycles. The first kappa shape index (κ1) is 13.1. The van der Waals surface area contributed by atoms with Crippen LogP contribution < -0.4 is 5.32 Å². The molecule has 0 aromatic heterocycles. The van der Waals surface area contributed by atoms with Crippen LogP contribution in [0.2, 0.25) is 0 Å². The summed E-state index contributed by atoms with van der Waals surface area (Å²) in [6.07, 6.45) is 0. The maximum absolute atomic E-state index is 3.52. The van der Waals surface area contributed by atoms with Gasteiger partial charge in [-0.05, 0) is 49.8 Å². The minimum absolute atomic E-state index is 0.228. The second-order valence-electron chi connectivity index (χ2n) is 6.03. The van der Waals surface area contributed by atoms with Gasteiger partial charge in [-0.2, -0.15) is 0 Å². The fourth-order valence-corrected chi connectivity index (χ4v) is 1.91. The van der Waals surface area contributed by atoms with Crippen molar-refractivity contribution in [2.45, 2.75) is 59.9 Å². The number of nitrogens with one attached hydrogen (secondary N) is 1. The van der Waals surface area contributed by atoms with E-state index in [2.05, 4.69) is 65.9 Å². The van der Waals surface area contributed by atoms with Crippen LogP contribution in [0.5, 0.6) is 0 Å². The molecule has 0 bridgehead atoms. The average molecular weight is 219 g/mol. The first-order valence-corrected chi connectivity index (χ1v) is 6.10. The summed E-state index contributed by atoms with van der Waals surface area (Å²) in [7, 11) is 0. The average Bonchev–Trinajstić information content (AvgIpc) is 2.09. The number of hydrogen-bond donors (Lipinski definition) is 1. The predicted octanol–water partition coefficient (Wildman–Crippen LogP) is 4.42. The second-order valence-corrected chi connectivity index (χ2v) is 6.03. The van der Waals surface area contributed by atoms with E-state index in [9.17, 15) is 0 Å². The Balaban J connectivity index is 3.18. The number of aryl methyl sites for hydroxylation is 2. The van der Waals surface area contributed by atoms with Crippen LogP contribution in [-0.4, -0.2) is 6.04 Å². The van der Waals surface area contributed by atoms with Crippen LogP contribution in [0.15, 0.2) is 12.1 Å². The summed E-state index contributed by atoms with van der Waals surface area (Å²) in [5.74, 6) is 0. The summed E-state index contributed by atoms with van der Waals surface area (Å²) < 4.78 is 0. The zero-order valence-corrected chi connectivity index (χ0v) is 11.7. The Labute approximate surface area is 100 Å². The lowest BCUT2D eigenvalue weighted by Crippen LogP contribution is -2.15. The molecule has 0 aliphatic carbocycles. The molecular formula is C15H25N. The zero-order valence-electron chi connectivity index (χ0n) is 11.7. The van der Waals surface area contributed by atoms with Gasteiger partial charge in [-0.15, -0.1) is 0 Å². The molecule has 1 aromatic carbocycles. The van der Waals surface area contributed by atoms with Crippen LogP contribution in [0.1, 0.15) is 51.3 Å². The highest BCUT2D eigenvalue weighted by molar-refractivity contribution is 5.59. The molecular weight excluding hydrogens is 194 g/mol. The summed E-state index contributed by atoms with van der Waals surface area (Å²) >= 11 is 0. The predicted molar refractivity (Wildman–Crippen MR) is 73.4 cm³/mol. The van der Waals surface area contributed by atoms with Gasteiger partial charge in [-0.1, -0.05) is 32.9 Å². The van der Waals surface area contributed by atoms with E-state index in [0.717, 1.165) is 0 Å². The van der Waals surface area contributed by atoms with Crippen LogP contribution in [0, 0.1) is 13.8 Å². The van der Waals surface area contributed by atoms with Gasteiger partial charge >= 0.3 is 0 Å². The molecule has 90 valence electrons. The Morgan fingerprint density at radius 2 is 1.44 bits per heavy atom. The molecule has 1 heteroatoms. The molecule has 0 saturated carbocycles. The third-order valence-corrected chi connectivity index (χ3v) is 2.83. The van der Waals surface area contributed by atoms with Crippen LogP contribution in [0.3, 0.4) is 0 Å². The van der Waals surface area contributed by atoms with Gasteiger partial charge in [0.05, 0.1) is 0 Å². The zero-order chi connectivity index (χ0) is 12.5. The largest absolute Gasteiger partial charge is 0.382 e. The van der Waals surface area contributed by atoms with Crippen LogP contribution in [0.25, 0.3) is 0 Å². The normalized spacial score (nSPS) is 12.0. The minimum Gasteiger partial charge on any atom is -0.382 e. The number of anilines is 1. The Kier molecular flexibility index (Phi) is 3.67. The second kappa shape index (κ2) is 4.48. The van der Waals surface area contributed by atoms with E-state index in [1.165, 1.54) is 22.4 Å². The molecule has 0 heterocycles. The Morgan fingerprint density at radius 3 is 1.75 bits per heavy atom. The molecule has 0 radical (unpaired) electrons. The van der Waals surface area contributed by atoms with Crippen molar-refractivity contribution in [3.05, 3.63) is 28.8 Å². The van der Waals surface area contributed by atoms with Gasteiger partial charge in [0.2, 0.25) is 0 Å². The van der Waals surface area contributed by atoms with Crippen LogP contribution >= 0.6 is 0 Å². The van der Waals surface area contributed by atoms with E-state index >= 15 is 0 Å². The van der Waals surface area contributed by atoms with Crippen molar-refractivity contribution in [2.24, 2.45) is 0 Å². The summed E-state index contributed by atoms with van der Waals surface area (Å²) in [5.41, 5.74) is 5.63. The quantitative estimate of drug-likeness (QED) is 0.776. The third kappa shape index (κ3) is 3.01. The topological polar surface area (TPSA) is 12.0 Å². The molecule has 1 aromatic rings. The Morgan fingerprint density at radius 1 is 1.00 bits per heavy atom. The number of benzene rings is 1. The van der Waals surface area contributed by atoms with Crippen molar-refractivity contribution >= 4 is 5.69 Å². The van der Waals surface area contributed by atoms with Crippen molar-refractivity contribution in [3.8, 4) is 0 Å². The number of hydrogen-bond acceptors (Lipinski definition) is 1. The molecule has 1 N–H and O–H groups in total. The van der Waals surface area contributed by atoms with Crippen molar-refractivity contribution < 1.29 is 0 Å². The molecule has 0 amide bonds. The molecule has 0 saturated heterocycles. The number of rotatable bonds is 2. The van der Waals surface area contributed by atoms with Gasteiger partial charge in [-0.3, -0.25) is 0 Å². The Bertz CT molecular complexity index is 347. The first-order chi connectivity index (χ1) is 7.21. The van der Waals surface area contributed by atoms with Gasteiger partial charge in [0.15, 0.2) is 0 Å². The van der Waals surface area contributed by atoms with E-state index in [1.54, 1.807) is 0 Å². The van der Waals surface area contributed by atoms with Crippen LogP contribution in [0.4, 0.5) is 5.69 Å². The monoisotopic (exact) mass is 219 g/mol. The summed E-state index contributed by atoms with van der Waals surface area (Å²) in [6.45, 7) is 15.5. The smallest absolute Gasteiger partial charge is 0.0401 e. The first-order valence-electron chi connectivity index (χ1n) is 6.10. The summed E-state index contributed by atoms with van der Waals surface area (Å²) in [5, 5.41) is 3.52. The van der Waals surface area contributed by atoms with Gasteiger partial charge in [-0.25, -0.2) is 0 Å². The van der Waals surface area contributed by atoms with E-state index in [0.29, 0.717) is 6.04 Å². The molecule has 16 heavy (non-hydrogen) atoms. The van der Waals surface area contributed by atoms with Crippen molar-refractivity contribution in [3.63, 3.8) is 0 Å². The Hall–Kier alpha value is -0.980. The minimum atomic E-state index is 0.228. The maximum Gasteiger partial charge on any atom is 0.0401 e. The lowest BCUT2D eigenvalue weighted by Gasteiger charge is -2.23. The van der Waals surface area contributed by atoms with Crippen molar-refractivity contribution in [1.82, 2.24) is 0 Å². The van der Waals surface area contributed by atoms with E-state index in [-0.39, 0.29) is 5.41 Å². The van der Waals surface area contributed by atoms with E-state index in [4.69, 9.17) is 0 Å². The highest BCUT2D eigenvalue weighted by Crippen LogP contribution is 2.29. The lowest BCUT2D eigenvalue weighted by molar-refractivity contribution is 0.589. The molecule has 1 rings (SSSR count). The summed E-state index contributed by atoms with van der Waals surface area (Å²) in [4.78, 5) is 0. The molecule has 0 fully saturated rings. The van der Waals surface area contributed by atoms with Gasteiger partial charge in [0.1, 0.15) is 0 Å². The standard InChI is InChI=1S/C15H25N/c1-10(2)16-14-11(3)8-13(9-12(14)4)15(5,6)7/h8-10,16H,1-7H3. The van der Waals surface area contributed by atoms with Crippen molar-refractivity contribution in [2.75, 3.05) is 5.32 Å². The highest BCUT2D eigenvalue weighted by atomic mass is 14.9. The fraction of sp³-hybridized carbons (Fsp3) is 0.600. The third-order valence-electron chi connectivity index (χ3n) is 2.83. The summed E-state index contributed by atoms with van der Waals surface area (Å²) in [6, 6.07) is 5.09. The molecule has 0 spiro atoms. The van der Waals surface area contributed by atoms with Crippen LogP contribution in [-0.2, 0) is 5.41 Å². The van der Waals surface area contributed by atoms with E-state index in [1.807, 2.05) is 0 Å². The fourth-order valence-electron chi connectivity index (χ4n) is 1.91. The van der Waals surface area contributed by atoms with Gasteiger partial charge < -0.3 is 5.32 Å². The molecule has 1 nitrogen and oxygen atoms in total. The maximum atomic E-state index is 3.52. The van der Waals surface area contributed by atoms with Gasteiger partial charge in [0, 0.05) is 11.7 Å². The van der Waals surface area contributed by atoms with E-state index < -0.39 is 0 Å². The van der Waals surface area contributed by atoms with Gasteiger partial charge in [0.25, 0.3) is 0 Å². The van der Waals surface area contributed by atoms with Crippen molar-refractivity contribution in [1.29, 1.82) is 0 Å². The molecule has 0 atom stereocenters.